The fourth-order valence-electron chi connectivity index (χ4n) is 6.53. The van der Waals surface area contributed by atoms with E-state index in [1.807, 2.05) is 12.1 Å². The Morgan fingerprint density at radius 3 is 2.74 bits per heavy atom. The summed E-state index contributed by atoms with van der Waals surface area (Å²) in [5.41, 5.74) is 3.38. The van der Waals surface area contributed by atoms with E-state index < -0.39 is 17.9 Å². The number of imidazole rings is 1. The standard InChI is InChI=1S/C33H33ClFN3O5/c1-19-13-20(24-3-2-4-29-32(24)43-30(18-42-29)25-7-6-22(34)15-26(25)35)9-11-37(19)17-31-36-27-8-5-21(33(39)40)14-28(27)38(31)16-23-10-12-41-23/h2-8,14-15,19-20,23,30H,9-13,16-18H2,1H3,(H,39,40)/t19-,20?,23-,30+/m0/s1. The lowest BCUT2D eigenvalue weighted by Crippen LogP contribution is -2.40. The van der Waals surface area contributed by atoms with Gasteiger partial charge in [-0.15, -0.1) is 0 Å². The number of nitrogens with zero attached hydrogens (tertiary/aromatic N) is 3. The van der Waals surface area contributed by atoms with Gasteiger partial charge in [-0.3, -0.25) is 4.90 Å². The van der Waals surface area contributed by atoms with Gasteiger partial charge < -0.3 is 23.9 Å². The van der Waals surface area contributed by atoms with Gasteiger partial charge in [-0.25, -0.2) is 14.2 Å². The second-order valence-electron chi connectivity index (χ2n) is 11.7. The van der Waals surface area contributed by atoms with Crippen molar-refractivity contribution < 1.29 is 28.5 Å². The third-order valence-corrected chi connectivity index (χ3v) is 9.26. The molecule has 1 aromatic heterocycles. The van der Waals surface area contributed by atoms with E-state index in [1.54, 1.807) is 30.3 Å². The Morgan fingerprint density at radius 2 is 2.00 bits per heavy atom. The van der Waals surface area contributed by atoms with E-state index in [4.69, 9.17) is 30.8 Å². The lowest BCUT2D eigenvalue weighted by Gasteiger charge is -2.39. The zero-order valence-electron chi connectivity index (χ0n) is 23.8. The molecule has 7 rings (SSSR count). The van der Waals surface area contributed by atoms with Crippen LogP contribution in [0, 0.1) is 5.82 Å². The Balaban J connectivity index is 1.10. The zero-order valence-corrected chi connectivity index (χ0v) is 24.6. The number of benzene rings is 3. The normalized spacial score (nSPS) is 23.7. The minimum absolute atomic E-state index is 0.115. The molecule has 0 bridgehead atoms. The molecule has 0 aliphatic carbocycles. The molecular formula is C33H33ClFN3O5. The molecule has 0 radical (unpaired) electrons. The molecule has 4 atom stereocenters. The van der Waals surface area contributed by atoms with Crippen molar-refractivity contribution in [1.29, 1.82) is 0 Å². The molecule has 224 valence electrons. The molecule has 10 heteroatoms. The van der Waals surface area contributed by atoms with Gasteiger partial charge in [-0.2, -0.15) is 0 Å². The number of hydrogen-bond donors (Lipinski definition) is 1. The summed E-state index contributed by atoms with van der Waals surface area (Å²) in [7, 11) is 0. The largest absolute Gasteiger partial charge is 0.485 e. The number of piperidine rings is 1. The fourth-order valence-corrected chi connectivity index (χ4v) is 6.69. The van der Waals surface area contributed by atoms with Gasteiger partial charge >= 0.3 is 5.97 Å². The van der Waals surface area contributed by atoms with Crippen LogP contribution in [-0.2, 0) is 17.8 Å². The fraction of sp³-hybridized carbons (Fsp3) is 0.394. The van der Waals surface area contributed by atoms with Crippen molar-refractivity contribution >= 4 is 28.6 Å². The number of carboxylic acid groups (broad SMARTS) is 1. The molecule has 2 saturated heterocycles. The minimum Gasteiger partial charge on any atom is -0.485 e. The lowest BCUT2D eigenvalue weighted by molar-refractivity contribution is -0.0592. The van der Waals surface area contributed by atoms with Crippen LogP contribution in [0.1, 0.15) is 65.5 Å². The highest BCUT2D eigenvalue weighted by Crippen LogP contribution is 2.45. The number of hydrogen-bond acceptors (Lipinski definition) is 6. The first kappa shape index (κ1) is 28.1. The van der Waals surface area contributed by atoms with Gasteiger partial charge in [0.1, 0.15) is 18.2 Å². The van der Waals surface area contributed by atoms with Crippen LogP contribution in [0.2, 0.25) is 5.02 Å². The molecule has 3 aliphatic rings. The summed E-state index contributed by atoms with van der Waals surface area (Å²) in [4.78, 5) is 19.0. The van der Waals surface area contributed by atoms with Crippen molar-refractivity contribution in [2.75, 3.05) is 19.8 Å². The van der Waals surface area contributed by atoms with E-state index in [0.717, 1.165) is 54.8 Å². The van der Waals surface area contributed by atoms with Crippen LogP contribution in [0.4, 0.5) is 4.39 Å². The SMILES string of the molecule is C[C@H]1CC(c2cccc3c2O[C@@H](c2ccc(Cl)cc2F)CO3)CCN1Cc1nc2ccc(C(=O)O)cc2n1C[C@@H]1CCO1. The van der Waals surface area contributed by atoms with Gasteiger partial charge in [0.15, 0.2) is 17.6 Å². The third kappa shape index (κ3) is 5.46. The average molecular weight is 606 g/mol. The lowest BCUT2D eigenvalue weighted by atomic mass is 9.85. The van der Waals surface area contributed by atoms with Gasteiger partial charge in [0.05, 0.1) is 35.8 Å². The summed E-state index contributed by atoms with van der Waals surface area (Å²) < 4.78 is 35.1. The summed E-state index contributed by atoms with van der Waals surface area (Å²) in [6.07, 6.45) is 2.37. The summed E-state index contributed by atoms with van der Waals surface area (Å²) in [6, 6.07) is 16.0. The van der Waals surface area contributed by atoms with Gasteiger partial charge in [0, 0.05) is 28.8 Å². The van der Waals surface area contributed by atoms with Gasteiger partial charge in [0.25, 0.3) is 0 Å². The molecule has 3 aliphatic heterocycles. The summed E-state index contributed by atoms with van der Waals surface area (Å²) >= 11 is 5.97. The highest BCUT2D eigenvalue weighted by molar-refractivity contribution is 6.30. The van der Waals surface area contributed by atoms with Crippen LogP contribution in [0.3, 0.4) is 0 Å². The van der Waals surface area contributed by atoms with Crippen molar-refractivity contribution in [3.8, 4) is 11.5 Å². The molecular weight excluding hydrogens is 573 g/mol. The number of carbonyl (C=O) groups is 1. The predicted octanol–water partition coefficient (Wildman–Crippen LogP) is 6.60. The quantitative estimate of drug-likeness (QED) is 0.254. The summed E-state index contributed by atoms with van der Waals surface area (Å²) in [6.45, 7) is 5.38. The maximum atomic E-state index is 14.7. The number of aromatic carboxylic acids is 1. The number of likely N-dealkylation sites (tertiary alicyclic amines) is 1. The number of aromatic nitrogens is 2. The zero-order chi connectivity index (χ0) is 29.7. The molecule has 1 N–H and O–H groups in total. The van der Waals surface area contributed by atoms with E-state index in [1.165, 1.54) is 6.07 Å². The molecule has 0 saturated carbocycles. The van der Waals surface area contributed by atoms with Crippen molar-refractivity contribution in [1.82, 2.24) is 14.5 Å². The number of halogens is 2. The Bertz CT molecular complexity index is 1690. The van der Waals surface area contributed by atoms with E-state index >= 15 is 0 Å². The number of para-hydroxylation sites is 1. The molecule has 4 aromatic rings. The Morgan fingerprint density at radius 1 is 1.14 bits per heavy atom. The van der Waals surface area contributed by atoms with E-state index in [9.17, 15) is 14.3 Å². The topological polar surface area (TPSA) is 86.0 Å². The second-order valence-corrected chi connectivity index (χ2v) is 12.2. The van der Waals surface area contributed by atoms with Gasteiger partial charge in [-0.1, -0.05) is 29.8 Å². The number of fused-ring (bicyclic) bond motifs is 2. The number of carboxylic acids is 1. The molecule has 0 amide bonds. The average Bonchev–Trinajstić information content (AvgIpc) is 3.31. The Kier molecular flexibility index (Phi) is 7.49. The number of ether oxygens (including phenoxy) is 3. The molecule has 0 spiro atoms. The van der Waals surface area contributed by atoms with Crippen LogP contribution < -0.4 is 9.47 Å². The monoisotopic (exact) mass is 605 g/mol. The van der Waals surface area contributed by atoms with Crippen LogP contribution in [-0.4, -0.2) is 57.4 Å². The van der Waals surface area contributed by atoms with Gasteiger partial charge in [0.2, 0.25) is 0 Å². The highest BCUT2D eigenvalue weighted by Gasteiger charge is 2.34. The third-order valence-electron chi connectivity index (χ3n) is 9.02. The van der Waals surface area contributed by atoms with Crippen LogP contribution in [0.25, 0.3) is 11.0 Å². The van der Waals surface area contributed by atoms with Gasteiger partial charge in [-0.05, 0) is 75.0 Å². The first-order valence-corrected chi connectivity index (χ1v) is 15.2. The van der Waals surface area contributed by atoms with Crippen LogP contribution in [0.5, 0.6) is 11.5 Å². The van der Waals surface area contributed by atoms with Crippen LogP contribution >= 0.6 is 11.6 Å². The summed E-state index contributed by atoms with van der Waals surface area (Å²) in [5.74, 6) is 1.19. The maximum absolute atomic E-state index is 14.7. The molecule has 43 heavy (non-hydrogen) atoms. The van der Waals surface area contributed by atoms with Crippen molar-refractivity contribution in [2.24, 2.45) is 0 Å². The molecule has 2 fully saturated rings. The minimum atomic E-state index is -0.950. The Labute approximate surface area is 253 Å². The first-order valence-electron chi connectivity index (χ1n) is 14.8. The maximum Gasteiger partial charge on any atom is 0.335 e. The van der Waals surface area contributed by atoms with E-state index in [0.29, 0.717) is 35.2 Å². The smallest absolute Gasteiger partial charge is 0.335 e. The predicted molar refractivity (Wildman–Crippen MR) is 160 cm³/mol. The summed E-state index contributed by atoms with van der Waals surface area (Å²) in [5, 5.41) is 9.91. The highest BCUT2D eigenvalue weighted by atomic mass is 35.5. The number of rotatable bonds is 7. The second kappa shape index (κ2) is 11.4. The molecule has 3 aromatic carbocycles. The van der Waals surface area contributed by atoms with Crippen LogP contribution in [0.15, 0.2) is 54.6 Å². The first-order chi connectivity index (χ1) is 20.8. The van der Waals surface area contributed by atoms with Crippen molar-refractivity contribution in [3.63, 3.8) is 0 Å². The Hall–Kier alpha value is -3.66. The molecule has 4 heterocycles. The van der Waals surface area contributed by atoms with Crippen molar-refractivity contribution in [3.05, 3.63) is 88.0 Å². The molecule has 1 unspecified atom stereocenters. The van der Waals surface area contributed by atoms with E-state index in [2.05, 4.69) is 22.5 Å². The van der Waals surface area contributed by atoms with Crippen molar-refractivity contribution in [2.45, 2.75) is 63.4 Å². The molecule has 8 nitrogen and oxygen atoms in total. The van der Waals surface area contributed by atoms with E-state index in [-0.39, 0.29) is 30.2 Å².